The van der Waals surface area contributed by atoms with Gasteiger partial charge in [-0.15, -0.1) is 0 Å². The topological polar surface area (TPSA) is 35.5 Å². The van der Waals surface area contributed by atoms with Crippen molar-refractivity contribution >= 4 is 27.5 Å². The van der Waals surface area contributed by atoms with Crippen molar-refractivity contribution in [2.45, 2.75) is 58.3 Å². The van der Waals surface area contributed by atoms with E-state index in [2.05, 4.69) is 54.6 Å². The third kappa shape index (κ3) is 6.22. The molecule has 0 amide bonds. The standard InChI is InChI=1S/C26H32O3/c1-2-28-25(27)18-8-6-4-3-5-7-13-19-29-26-23-16-11-9-14-21(23)20-22-15-10-12-17-24(22)26/h9-12,14-17,20H,2-8,13,18-19H2,1H3. The molecule has 0 saturated heterocycles. The third-order valence-electron chi connectivity index (χ3n) is 5.30. The normalized spacial score (nSPS) is 11.1. The second-order valence-corrected chi connectivity index (χ2v) is 7.53. The van der Waals surface area contributed by atoms with E-state index in [1.54, 1.807) is 0 Å². The summed E-state index contributed by atoms with van der Waals surface area (Å²) >= 11 is 0. The van der Waals surface area contributed by atoms with Crippen molar-refractivity contribution in [1.29, 1.82) is 0 Å². The van der Waals surface area contributed by atoms with E-state index >= 15 is 0 Å². The van der Waals surface area contributed by atoms with Gasteiger partial charge in [-0.1, -0.05) is 80.6 Å². The Morgan fingerprint density at radius 2 is 1.31 bits per heavy atom. The summed E-state index contributed by atoms with van der Waals surface area (Å²) in [6.07, 6.45) is 8.49. The van der Waals surface area contributed by atoms with E-state index in [1.165, 1.54) is 47.2 Å². The number of carbonyl (C=O) groups excluding carboxylic acids is 1. The predicted octanol–water partition coefficient (Wildman–Crippen LogP) is 7.06. The predicted molar refractivity (Wildman–Crippen MR) is 121 cm³/mol. The van der Waals surface area contributed by atoms with Gasteiger partial charge in [-0.25, -0.2) is 0 Å². The Bertz CT molecular complexity index is 862. The average Bonchev–Trinajstić information content (AvgIpc) is 2.74. The van der Waals surface area contributed by atoms with Crippen LogP contribution in [0, 0.1) is 0 Å². The van der Waals surface area contributed by atoms with E-state index in [4.69, 9.17) is 9.47 Å². The number of benzene rings is 3. The second kappa shape index (κ2) is 11.5. The van der Waals surface area contributed by atoms with Crippen LogP contribution in [-0.4, -0.2) is 19.2 Å². The van der Waals surface area contributed by atoms with Crippen molar-refractivity contribution < 1.29 is 14.3 Å². The van der Waals surface area contributed by atoms with Gasteiger partial charge in [0.2, 0.25) is 0 Å². The molecular weight excluding hydrogens is 360 g/mol. The smallest absolute Gasteiger partial charge is 0.305 e. The third-order valence-corrected chi connectivity index (χ3v) is 5.30. The van der Waals surface area contributed by atoms with Gasteiger partial charge in [-0.2, -0.15) is 0 Å². The molecule has 29 heavy (non-hydrogen) atoms. The number of rotatable bonds is 12. The number of ether oxygens (including phenoxy) is 2. The summed E-state index contributed by atoms with van der Waals surface area (Å²) in [5.41, 5.74) is 0. The first-order valence-corrected chi connectivity index (χ1v) is 11.0. The Kier molecular flexibility index (Phi) is 8.36. The molecule has 0 bridgehead atoms. The lowest BCUT2D eigenvalue weighted by Gasteiger charge is -2.13. The molecule has 0 spiro atoms. The molecule has 0 aliphatic heterocycles. The maximum atomic E-state index is 11.3. The zero-order valence-electron chi connectivity index (χ0n) is 17.5. The molecule has 3 aromatic carbocycles. The first-order chi connectivity index (χ1) is 14.3. The van der Waals surface area contributed by atoms with E-state index in [9.17, 15) is 4.79 Å². The molecule has 0 saturated carbocycles. The van der Waals surface area contributed by atoms with Crippen molar-refractivity contribution in [3.8, 4) is 5.75 Å². The summed E-state index contributed by atoms with van der Waals surface area (Å²) in [6, 6.07) is 19.1. The zero-order chi connectivity index (χ0) is 20.3. The lowest BCUT2D eigenvalue weighted by molar-refractivity contribution is -0.143. The van der Waals surface area contributed by atoms with Gasteiger partial charge in [0.15, 0.2) is 0 Å². The van der Waals surface area contributed by atoms with Crippen molar-refractivity contribution in [2.24, 2.45) is 0 Å². The molecule has 3 heteroatoms. The van der Waals surface area contributed by atoms with Crippen LogP contribution in [0.1, 0.15) is 58.3 Å². The van der Waals surface area contributed by atoms with Crippen LogP contribution >= 0.6 is 0 Å². The fourth-order valence-electron chi connectivity index (χ4n) is 3.79. The number of hydrogen-bond donors (Lipinski definition) is 0. The molecule has 0 atom stereocenters. The van der Waals surface area contributed by atoms with Gasteiger partial charge in [-0.05, 0) is 36.6 Å². The first-order valence-electron chi connectivity index (χ1n) is 11.0. The fourth-order valence-corrected chi connectivity index (χ4v) is 3.79. The van der Waals surface area contributed by atoms with Crippen molar-refractivity contribution in [3.05, 3.63) is 54.6 Å². The molecular formula is C26H32O3. The van der Waals surface area contributed by atoms with Crippen molar-refractivity contribution in [1.82, 2.24) is 0 Å². The molecule has 0 aliphatic carbocycles. The molecule has 0 radical (unpaired) electrons. The van der Waals surface area contributed by atoms with E-state index in [1.807, 2.05) is 6.92 Å². The van der Waals surface area contributed by atoms with Crippen molar-refractivity contribution in [2.75, 3.05) is 13.2 Å². The number of hydrogen-bond acceptors (Lipinski definition) is 3. The highest BCUT2D eigenvalue weighted by Gasteiger charge is 2.08. The number of unbranched alkanes of at least 4 members (excludes halogenated alkanes) is 6. The summed E-state index contributed by atoms with van der Waals surface area (Å²) in [5, 5.41) is 4.83. The van der Waals surface area contributed by atoms with Crippen LogP contribution in [-0.2, 0) is 9.53 Å². The lowest BCUT2D eigenvalue weighted by atomic mass is 10.0. The SMILES string of the molecule is CCOC(=O)CCCCCCCCCOc1c2ccccc2cc2ccccc12. The van der Waals surface area contributed by atoms with Crippen LogP contribution in [0.25, 0.3) is 21.5 Å². The Labute approximate surface area is 174 Å². The number of fused-ring (bicyclic) bond motifs is 2. The minimum Gasteiger partial charge on any atom is -0.492 e. The summed E-state index contributed by atoms with van der Waals surface area (Å²) < 4.78 is 11.2. The van der Waals surface area contributed by atoms with Gasteiger partial charge in [-0.3, -0.25) is 4.79 Å². The molecule has 3 rings (SSSR count). The fraction of sp³-hybridized carbons (Fsp3) is 0.423. The highest BCUT2D eigenvalue weighted by Crippen LogP contribution is 2.34. The van der Waals surface area contributed by atoms with E-state index in [0.717, 1.165) is 31.6 Å². The van der Waals surface area contributed by atoms with Crippen LogP contribution in [0.5, 0.6) is 5.75 Å². The van der Waals surface area contributed by atoms with Gasteiger partial charge < -0.3 is 9.47 Å². The maximum absolute atomic E-state index is 11.3. The summed E-state index contributed by atoms with van der Waals surface area (Å²) in [7, 11) is 0. The first kappa shape index (κ1) is 21.2. The monoisotopic (exact) mass is 392 g/mol. The highest BCUT2D eigenvalue weighted by molar-refractivity contribution is 6.05. The van der Waals surface area contributed by atoms with Gasteiger partial charge in [0.25, 0.3) is 0 Å². The molecule has 0 fully saturated rings. The molecule has 0 aromatic heterocycles. The largest absolute Gasteiger partial charge is 0.492 e. The maximum Gasteiger partial charge on any atom is 0.305 e. The quantitative estimate of drug-likeness (QED) is 0.188. The van der Waals surface area contributed by atoms with Crippen LogP contribution in [0.3, 0.4) is 0 Å². The van der Waals surface area contributed by atoms with Crippen LogP contribution < -0.4 is 4.74 Å². The summed E-state index contributed by atoms with van der Waals surface area (Å²) in [5.74, 6) is 0.947. The number of carbonyl (C=O) groups is 1. The Morgan fingerprint density at radius 3 is 1.93 bits per heavy atom. The van der Waals surface area contributed by atoms with Crippen LogP contribution in [0.2, 0.25) is 0 Å². The van der Waals surface area contributed by atoms with E-state index in [-0.39, 0.29) is 5.97 Å². The van der Waals surface area contributed by atoms with Crippen LogP contribution in [0.15, 0.2) is 54.6 Å². The molecule has 0 aliphatic rings. The van der Waals surface area contributed by atoms with Gasteiger partial charge in [0.05, 0.1) is 13.2 Å². The minimum absolute atomic E-state index is 0.0643. The molecule has 3 nitrogen and oxygen atoms in total. The highest BCUT2D eigenvalue weighted by atomic mass is 16.5. The molecule has 0 N–H and O–H groups in total. The van der Waals surface area contributed by atoms with E-state index < -0.39 is 0 Å². The Hall–Kier alpha value is -2.55. The average molecular weight is 393 g/mol. The minimum atomic E-state index is -0.0643. The summed E-state index contributed by atoms with van der Waals surface area (Å²) in [4.78, 5) is 11.3. The van der Waals surface area contributed by atoms with E-state index in [0.29, 0.717) is 13.0 Å². The van der Waals surface area contributed by atoms with Crippen LogP contribution in [0.4, 0.5) is 0 Å². The molecule has 154 valence electrons. The number of esters is 1. The lowest BCUT2D eigenvalue weighted by Crippen LogP contribution is -2.03. The Morgan fingerprint density at radius 1 is 0.759 bits per heavy atom. The van der Waals surface area contributed by atoms with Gasteiger partial charge in [0.1, 0.15) is 5.75 Å². The molecule has 3 aromatic rings. The molecule has 0 heterocycles. The zero-order valence-corrected chi connectivity index (χ0v) is 17.5. The van der Waals surface area contributed by atoms with Crippen molar-refractivity contribution in [3.63, 3.8) is 0 Å². The Balaban J connectivity index is 1.40. The second-order valence-electron chi connectivity index (χ2n) is 7.53. The molecule has 0 unspecified atom stereocenters. The van der Waals surface area contributed by atoms with Gasteiger partial charge >= 0.3 is 5.97 Å². The summed E-state index contributed by atoms with van der Waals surface area (Å²) in [6.45, 7) is 3.08. The van der Waals surface area contributed by atoms with Gasteiger partial charge in [0, 0.05) is 17.2 Å².